The van der Waals surface area contributed by atoms with Crippen molar-refractivity contribution in [2.75, 3.05) is 58.9 Å². The van der Waals surface area contributed by atoms with Crippen LogP contribution in [0.5, 0.6) is 11.5 Å². The molecular weight excluding hydrogens is 312 g/mol. The van der Waals surface area contributed by atoms with Crippen LogP contribution in [-0.4, -0.2) is 64.0 Å². The van der Waals surface area contributed by atoms with E-state index in [9.17, 15) is 4.79 Å². The third kappa shape index (κ3) is 4.75. The molecule has 1 aliphatic heterocycles. The number of hydrogen-bond donors (Lipinski definition) is 1. The molecule has 0 atom stereocenters. The SMILES string of the molecule is CCOC(=O)c1ccc(OCCCN2CCOCC2)c(OC)c1N. The number of nitrogen functional groups attached to an aromatic ring is 1. The minimum atomic E-state index is -0.466. The minimum absolute atomic E-state index is 0.238. The molecule has 24 heavy (non-hydrogen) atoms. The second-order valence-electron chi connectivity index (χ2n) is 5.43. The molecule has 0 unspecified atom stereocenters. The predicted octanol–water partition coefficient (Wildman–Crippen LogP) is 1.56. The van der Waals surface area contributed by atoms with Gasteiger partial charge in [-0.15, -0.1) is 0 Å². The van der Waals surface area contributed by atoms with Crippen LogP contribution in [0.3, 0.4) is 0 Å². The molecule has 1 aromatic rings. The number of hydrogen-bond acceptors (Lipinski definition) is 7. The van der Waals surface area contributed by atoms with Crippen LogP contribution in [0.1, 0.15) is 23.7 Å². The molecule has 1 aromatic carbocycles. The van der Waals surface area contributed by atoms with E-state index < -0.39 is 5.97 Å². The van der Waals surface area contributed by atoms with Gasteiger partial charge in [-0.3, -0.25) is 4.90 Å². The van der Waals surface area contributed by atoms with Crippen LogP contribution in [0.15, 0.2) is 12.1 Å². The van der Waals surface area contributed by atoms with Gasteiger partial charge in [-0.1, -0.05) is 0 Å². The van der Waals surface area contributed by atoms with Crippen molar-refractivity contribution >= 4 is 11.7 Å². The molecule has 7 nitrogen and oxygen atoms in total. The van der Waals surface area contributed by atoms with Crippen molar-refractivity contribution in [2.24, 2.45) is 0 Å². The maximum atomic E-state index is 11.9. The summed E-state index contributed by atoms with van der Waals surface area (Å²) in [5, 5.41) is 0. The number of benzene rings is 1. The van der Waals surface area contributed by atoms with E-state index in [0.717, 1.165) is 39.3 Å². The van der Waals surface area contributed by atoms with E-state index in [1.807, 2.05) is 0 Å². The Balaban J connectivity index is 1.92. The van der Waals surface area contributed by atoms with Crippen LogP contribution in [0.4, 0.5) is 5.69 Å². The van der Waals surface area contributed by atoms with E-state index in [0.29, 0.717) is 24.7 Å². The highest BCUT2D eigenvalue weighted by Gasteiger charge is 2.18. The van der Waals surface area contributed by atoms with Gasteiger partial charge in [0.05, 0.1) is 44.8 Å². The topological polar surface area (TPSA) is 83.2 Å². The van der Waals surface area contributed by atoms with Crippen LogP contribution in [0, 0.1) is 0 Å². The van der Waals surface area contributed by atoms with Crippen LogP contribution in [-0.2, 0) is 9.47 Å². The smallest absolute Gasteiger partial charge is 0.340 e. The van der Waals surface area contributed by atoms with E-state index in [1.165, 1.54) is 7.11 Å². The Bertz CT molecular complexity index is 544. The van der Waals surface area contributed by atoms with E-state index in [1.54, 1.807) is 19.1 Å². The fourth-order valence-corrected chi connectivity index (χ4v) is 2.59. The van der Waals surface area contributed by atoms with Crippen molar-refractivity contribution in [1.29, 1.82) is 0 Å². The van der Waals surface area contributed by atoms with Gasteiger partial charge in [0.2, 0.25) is 0 Å². The van der Waals surface area contributed by atoms with Crippen molar-refractivity contribution in [3.63, 3.8) is 0 Å². The number of rotatable bonds is 8. The number of nitrogens with two attached hydrogens (primary N) is 1. The maximum absolute atomic E-state index is 11.9. The lowest BCUT2D eigenvalue weighted by molar-refractivity contribution is 0.0357. The number of nitrogens with zero attached hydrogens (tertiary/aromatic N) is 1. The summed E-state index contributed by atoms with van der Waals surface area (Å²) in [7, 11) is 1.50. The quantitative estimate of drug-likeness (QED) is 0.437. The van der Waals surface area contributed by atoms with Crippen LogP contribution in [0.2, 0.25) is 0 Å². The Labute approximate surface area is 142 Å². The number of ether oxygens (including phenoxy) is 4. The average Bonchev–Trinajstić information content (AvgIpc) is 2.60. The van der Waals surface area contributed by atoms with Crippen LogP contribution in [0.25, 0.3) is 0 Å². The molecule has 1 fully saturated rings. The number of carbonyl (C=O) groups is 1. The van der Waals surface area contributed by atoms with Gasteiger partial charge in [-0.05, 0) is 25.5 Å². The fraction of sp³-hybridized carbons (Fsp3) is 0.588. The molecule has 0 saturated carbocycles. The van der Waals surface area contributed by atoms with E-state index >= 15 is 0 Å². The minimum Gasteiger partial charge on any atom is -0.491 e. The Morgan fingerprint density at radius 1 is 1.33 bits per heavy atom. The largest absolute Gasteiger partial charge is 0.491 e. The molecular formula is C17H26N2O5. The average molecular weight is 338 g/mol. The third-order valence-corrected chi connectivity index (χ3v) is 3.84. The summed E-state index contributed by atoms with van der Waals surface area (Å²) < 4.78 is 21.4. The highest BCUT2D eigenvalue weighted by molar-refractivity contribution is 5.97. The number of methoxy groups -OCH3 is 1. The molecule has 0 aromatic heterocycles. The van der Waals surface area contributed by atoms with E-state index in [2.05, 4.69) is 4.90 Å². The summed E-state index contributed by atoms with van der Waals surface area (Å²) in [6, 6.07) is 3.29. The summed E-state index contributed by atoms with van der Waals surface area (Å²) in [5.74, 6) is 0.434. The van der Waals surface area contributed by atoms with Crippen molar-refractivity contribution in [3.05, 3.63) is 17.7 Å². The normalized spacial score (nSPS) is 15.1. The van der Waals surface area contributed by atoms with Gasteiger partial charge in [0.15, 0.2) is 11.5 Å². The van der Waals surface area contributed by atoms with Crippen molar-refractivity contribution < 1.29 is 23.7 Å². The molecule has 2 rings (SSSR count). The van der Waals surface area contributed by atoms with E-state index in [4.69, 9.17) is 24.7 Å². The third-order valence-electron chi connectivity index (χ3n) is 3.84. The van der Waals surface area contributed by atoms with Gasteiger partial charge < -0.3 is 24.7 Å². The molecule has 0 amide bonds. The predicted molar refractivity (Wildman–Crippen MR) is 90.7 cm³/mol. The monoisotopic (exact) mass is 338 g/mol. The summed E-state index contributed by atoms with van der Waals surface area (Å²) in [6.45, 7) is 7.06. The maximum Gasteiger partial charge on any atom is 0.340 e. The van der Waals surface area contributed by atoms with Gasteiger partial charge in [0, 0.05) is 19.6 Å². The zero-order valence-corrected chi connectivity index (χ0v) is 14.4. The van der Waals surface area contributed by atoms with Crippen molar-refractivity contribution in [3.8, 4) is 11.5 Å². The molecule has 1 heterocycles. The first-order valence-corrected chi connectivity index (χ1v) is 8.23. The molecule has 0 aliphatic carbocycles. The first-order valence-electron chi connectivity index (χ1n) is 8.23. The Hall–Kier alpha value is -1.99. The first kappa shape index (κ1) is 18.4. The molecule has 134 valence electrons. The number of anilines is 1. The van der Waals surface area contributed by atoms with Crippen LogP contribution < -0.4 is 15.2 Å². The van der Waals surface area contributed by atoms with Crippen molar-refractivity contribution in [2.45, 2.75) is 13.3 Å². The van der Waals surface area contributed by atoms with Gasteiger partial charge in [0.1, 0.15) is 0 Å². The standard InChI is InChI=1S/C17H26N2O5/c1-3-23-17(20)13-5-6-14(16(21-2)15(13)18)24-10-4-7-19-8-11-22-12-9-19/h5-6H,3-4,7-12,18H2,1-2H3. The van der Waals surface area contributed by atoms with Gasteiger partial charge in [-0.25, -0.2) is 4.79 Å². The molecule has 7 heteroatoms. The Morgan fingerprint density at radius 3 is 2.75 bits per heavy atom. The Kier molecular flexibility index (Phi) is 7.14. The summed E-state index contributed by atoms with van der Waals surface area (Å²) in [5.41, 5.74) is 6.54. The van der Waals surface area contributed by atoms with Crippen LogP contribution >= 0.6 is 0 Å². The Morgan fingerprint density at radius 2 is 2.08 bits per heavy atom. The summed E-state index contributed by atoms with van der Waals surface area (Å²) in [4.78, 5) is 14.2. The number of morpholine rings is 1. The van der Waals surface area contributed by atoms with Crippen molar-refractivity contribution in [1.82, 2.24) is 4.90 Å². The second-order valence-corrected chi connectivity index (χ2v) is 5.43. The lowest BCUT2D eigenvalue weighted by Gasteiger charge is -2.26. The molecule has 0 spiro atoms. The highest BCUT2D eigenvalue weighted by atomic mass is 16.5. The lowest BCUT2D eigenvalue weighted by atomic mass is 10.1. The first-order chi connectivity index (χ1) is 11.7. The van der Waals surface area contributed by atoms with E-state index in [-0.39, 0.29) is 11.3 Å². The number of carbonyl (C=O) groups excluding carboxylic acids is 1. The molecule has 1 aliphatic rings. The zero-order chi connectivity index (χ0) is 17.4. The summed E-state index contributed by atoms with van der Waals surface area (Å²) in [6.07, 6.45) is 0.892. The fourth-order valence-electron chi connectivity index (χ4n) is 2.59. The zero-order valence-electron chi connectivity index (χ0n) is 14.4. The lowest BCUT2D eigenvalue weighted by Crippen LogP contribution is -2.37. The number of esters is 1. The summed E-state index contributed by atoms with van der Waals surface area (Å²) >= 11 is 0. The van der Waals surface area contributed by atoms with Gasteiger partial charge in [-0.2, -0.15) is 0 Å². The van der Waals surface area contributed by atoms with Gasteiger partial charge in [0.25, 0.3) is 0 Å². The molecule has 0 bridgehead atoms. The second kappa shape index (κ2) is 9.34. The highest BCUT2D eigenvalue weighted by Crippen LogP contribution is 2.36. The molecule has 1 saturated heterocycles. The molecule has 0 radical (unpaired) electrons. The van der Waals surface area contributed by atoms with Gasteiger partial charge >= 0.3 is 5.97 Å². The molecule has 2 N–H and O–H groups in total.